The molecule has 2 rings (SSSR count). The van der Waals surface area contributed by atoms with Crippen LogP contribution in [-0.2, 0) is 0 Å². The quantitative estimate of drug-likeness (QED) is 0.935. The summed E-state index contributed by atoms with van der Waals surface area (Å²) in [6.07, 6.45) is 1.55. The van der Waals surface area contributed by atoms with E-state index in [0.717, 1.165) is 4.47 Å². The Hall–Kier alpha value is -1.46. The monoisotopic (exact) mass is 329 g/mol. The van der Waals surface area contributed by atoms with E-state index in [4.69, 9.17) is 21.4 Å². The van der Waals surface area contributed by atoms with Gasteiger partial charge in [-0.2, -0.15) is 0 Å². The van der Waals surface area contributed by atoms with Gasteiger partial charge in [0.15, 0.2) is 0 Å². The molecule has 4 nitrogen and oxygen atoms in total. The van der Waals surface area contributed by atoms with Gasteiger partial charge < -0.3 is 14.4 Å². The van der Waals surface area contributed by atoms with Gasteiger partial charge in [0.25, 0.3) is 0 Å². The van der Waals surface area contributed by atoms with Crippen LogP contribution in [0.4, 0.5) is 0 Å². The predicted octanol–water partition coefficient (Wildman–Crippen LogP) is 3.60. The summed E-state index contributed by atoms with van der Waals surface area (Å²) in [6, 6.07) is 6.69. The Labute approximate surface area is 117 Å². The molecule has 0 bridgehead atoms. The van der Waals surface area contributed by atoms with Gasteiger partial charge in [0.05, 0.1) is 17.8 Å². The molecule has 1 aromatic heterocycles. The van der Waals surface area contributed by atoms with Crippen molar-refractivity contribution >= 4 is 33.5 Å². The zero-order valence-electron chi connectivity index (χ0n) is 9.35. The average Bonchev–Trinajstić information content (AvgIpc) is 2.72. The van der Waals surface area contributed by atoms with Gasteiger partial charge in [-0.3, -0.25) is 0 Å². The van der Waals surface area contributed by atoms with Crippen molar-refractivity contribution in [3.05, 3.63) is 45.7 Å². The minimum atomic E-state index is -1.04. The summed E-state index contributed by atoms with van der Waals surface area (Å²) in [5, 5.41) is 9.49. The minimum Gasteiger partial charge on any atom is -0.497 e. The van der Waals surface area contributed by atoms with E-state index in [1.807, 2.05) is 0 Å². The van der Waals surface area contributed by atoms with Crippen molar-refractivity contribution in [3.8, 4) is 11.4 Å². The number of rotatable bonds is 3. The average molecular weight is 331 g/mol. The molecule has 1 N–H and O–H groups in total. The number of hydrogen-bond donors (Lipinski definition) is 1. The second-order valence-corrected chi connectivity index (χ2v) is 4.83. The van der Waals surface area contributed by atoms with Crippen LogP contribution < -0.4 is 4.74 Å². The zero-order chi connectivity index (χ0) is 13.3. The molecular formula is C12H9BrClNO3. The molecule has 0 atom stereocenters. The molecule has 0 unspecified atom stereocenters. The lowest BCUT2D eigenvalue weighted by Gasteiger charge is -2.10. The molecule has 94 valence electrons. The number of methoxy groups -OCH3 is 1. The Kier molecular flexibility index (Phi) is 3.63. The molecule has 0 saturated carbocycles. The maximum Gasteiger partial charge on any atom is 0.352 e. The van der Waals surface area contributed by atoms with Crippen molar-refractivity contribution < 1.29 is 14.6 Å². The standard InChI is InChI=1S/C12H9BrClNO3/c1-18-8-2-3-9(13)10(5-8)15-6-7(14)4-11(15)12(16)17/h2-6H,1H3,(H,16,17). The fourth-order valence-electron chi connectivity index (χ4n) is 1.60. The second kappa shape index (κ2) is 5.04. The number of aromatic carboxylic acids is 1. The molecule has 18 heavy (non-hydrogen) atoms. The number of halogens is 2. The summed E-state index contributed by atoms with van der Waals surface area (Å²) in [5.41, 5.74) is 0.743. The highest BCUT2D eigenvalue weighted by Crippen LogP contribution is 2.29. The molecule has 0 spiro atoms. The molecule has 0 fully saturated rings. The van der Waals surface area contributed by atoms with Gasteiger partial charge in [-0.05, 0) is 34.1 Å². The fraction of sp³-hybridized carbons (Fsp3) is 0.0833. The third-order valence-electron chi connectivity index (χ3n) is 2.42. The molecule has 0 aliphatic carbocycles. The van der Waals surface area contributed by atoms with Crippen LogP contribution in [0.15, 0.2) is 34.9 Å². The summed E-state index contributed by atoms with van der Waals surface area (Å²) < 4.78 is 7.37. The highest BCUT2D eigenvalue weighted by atomic mass is 79.9. The molecule has 6 heteroatoms. The molecular weight excluding hydrogens is 321 g/mol. The number of aromatic nitrogens is 1. The van der Waals surface area contributed by atoms with Crippen molar-refractivity contribution in [3.63, 3.8) is 0 Å². The Balaban J connectivity index is 2.64. The van der Waals surface area contributed by atoms with Gasteiger partial charge in [0.1, 0.15) is 11.4 Å². The van der Waals surface area contributed by atoms with Crippen molar-refractivity contribution in [2.24, 2.45) is 0 Å². The number of carboxylic acid groups (broad SMARTS) is 1. The first kappa shape index (κ1) is 13.0. The number of nitrogens with zero attached hydrogens (tertiary/aromatic N) is 1. The van der Waals surface area contributed by atoms with E-state index in [9.17, 15) is 4.79 Å². The Bertz CT molecular complexity index is 609. The van der Waals surface area contributed by atoms with Crippen molar-refractivity contribution in [1.82, 2.24) is 4.57 Å². The SMILES string of the molecule is COc1ccc(Br)c(-n2cc(Cl)cc2C(=O)O)c1. The first-order chi connectivity index (χ1) is 8.52. The molecule has 0 saturated heterocycles. The topological polar surface area (TPSA) is 51.5 Å². The van der Waals surface area contributed by atoms with Gasteiger partial charge in [-0.15, -0.1) is 0 Å². The Morgan fingerprint density at radius 3 is 2.78 bits per heavy atom. The number of benzene rings is 1. The van der Waals surface area contributed by atoms with Crippen LogP contribution in [0.5, 0.6) is 5.75 Å². The first-order valence-corrected chi connectivity index (χ1v) is 6.15. The maximum atomic E-state index is 11.1. The molecule has 0 aliphatic heterocycles. The van der Waals surface area contributed by atoms with Crippen molar-refractivity contribution in [2.75, 3.05) is 7.11 Å². The third-order valence-corrected chi connectivity index (χ3v) is 3.30. The van der Waals surface area contributed by atoms with Crippen molar-refractivity contribution in [2.45, 2.75) is 0 Å². The van der Waals surface area contributed by atoms with Gasteiger partial charge in [0.2, 0.25) is 0 Å². The summed E-state index contributed by atoms with van der Waals surface area (Å²) in [4.78, 5) is 11.1. The zero-order valence-corrected chi connectivity index (χ0v) is 11.7. The van der Waals surface area contributed by atoms with Gasteiger partial charge in [0, 0.05) is 16.7 Å². The lowest BCUT2D eigenvalue weighted by molar-refractivity contribution is 0.0688. The number of ether oxygens (including phenoxy) is 1. The maximum absolute atomic E-state index is 11.1. The highest BCUT2D eigenvalue weighted by Gasteiger charge is 2.15. The summed E-state index contributed by atoms with van der Waals surface area (Å²) >= 11 is 9.23. The predicted molar refractivity (Wildman–Crippen MR) is 72.0 cm³/mol. The van der Waals surface area contributed by atoms with Gasteiger partial charge in [-0.1, -0.05) is 11.6 Å². The van der Waals surface area contributed by atoms with Crippen LogP contribution in [0.2, 0.25) is 5.02 Å². The van der Waals surface area contributed by atoms with Crippen LogP contribution in [0.25, 0.3) is 5.69 Å². The second-order valence-electron chi connectivity index (χ2n) is 3.54. The summed E-state index contributed by atoms with van der Waals surface area (Å²) in [5.74, 6) is -0.411. The molecule has 1 heterocycles. The number of hydrogen-bond acceptors (Lipinski definition) is 2. The molecule has 0 aliphatic rings. The molecule has 0 radical (unpaired) electrons. The van der Waals surface area contributed by atoms with Gasteiger partial charge >= 0.3 is 5.97 Å². The van der Waals surface area contributed by atoms with E-state index in [0.29, 0.717) is 16.5 Å². The highest BCUT2D eigenvalue weighted by molar-refractivity contribution is 9.10. The van der Waals surface area contributed by atoms with E-state index < -0.39 is 5.97 Å². The Morgan fingerprint density at radius 2 is 2.17 bits per heavy atom. The summed E-state index contributed by atoms with van der Waals surface area (Å²) in [7, 11) is 1.55. The van der Waals surface area contributed by atoms with Crippen LogP contribution in [-0.4, -0.2) is 22.8 Å². The van der Waals surface area contributed by atoms with E-state index in [2.05, 4.69) is 15.9 Å². The van der Waals surface area contributed by atoms with Gasteiger partial charge in [-0.25, -0.2) is 4.79 Å². The molecule has 2 aromatic rings. The third kappa shape index (κ3) is 2.37. The van der Waals surface area contributed by atoms with E-state index in [-0.39, 0.29) is 5.69 Å². The largest absolute Gasteiger partial charge is 0.497 e. The normalized spacial score (nSPS) is 10.4. The van der Waals surface area contributed by atoms with E-state index in [1.54, 1.807) is 31.5 Å². The summed E-state index contributed by atoms with van der Waals surface area (Å²) in [6.45, 7) is 0. The smallest absolute Gasteiger partial charge is 0.352 e. The lowest BCUT2D eigenvalue weighted by Crippen LogP contribution is -2.06. The number of carboxylic acids is 1. The van der Waals surface area contributed by atoms with E-state index >= 15 is 0 Å². The van der Waals surface area contributed by atoms with E-state index in [1.165, 1.54) is 10.6 Å². The minimum absolute atomic E-state index is 0.0916. The molecule has 0 amide bonds. The number of carbonyl (C=O) groups is 1. The Morgan fingerprint density at radius 1 is 1.44 bits per heavy atom. The van der Waals surface area contributed by atoms with Crippen LogP contribution >= 0.6 is 27.5 Å². The van der Waals surface area contributed by atoms with Crippen molar-refractivity contribution in [1.29, 1.82) is 0 Å². The first-order valence-electron chi connectivity index (χ1n) is 4.98. The van der Waals surface area contributed by atoms with Crippen LogP contribution in [0, 0.1) is 0 Å². The lowest BCUT2D eigenvalue weighted by atomic mass is 10.3. The van der Waals surface area contributed by atoms with Crippen LogP contribution in [0.3, 0.4) is 0 Å². The fourth-order valence-corrected chi connectivity index (χ4v) is 2.24. The molecule has 1 aromatic carbocycles. The van der Waals surface area contributed by atoms with Crippen LogP contribution in [0.1, 0.15) is 10.5 Å².